The molecular weight excluding hydrogens is 286 g/mol. The zero-order chi connectivity index (χ0) is 14.7. The van der Waals surface area contributed by atoms with Gasteiger partial charge in [-0.05, 0) is 7.05 Å². The lowest BCUT2D eigenvalue weighted by Gasteiger charge is -2.28. The minimum atomic E-state index is -0.422. The number of hydrogen-bond donors (Lipinski definition) is 1. The van der Waals surface area contributed by atoms with Gasteiger partial charge in [-0.3, -0.25) is 4.79 Å². The van der Waals surface area contributed by atoms with Crippen molar-refractivity contribution >= 4 is 22.2 Å². The third-order valence-corrected chi connectivity index (χ3v) is 4.16. The van der Waals surface area contributed by atoms with E-state index >= 15 is 0 Å². The largest absolute Gasteiger partial charge is 0.366 e. The van der Waals surface area contributed by atoms with Gasteiger partial charge < -0.3 is 15.0 Å². The highest BCUT2D eigenvalue weighted by Crippen LogP contribution is 2.30. The molecule has 1 saturated heterocycles. The van der Waals surface area contributed by atoms with Crippen molar-refractivity contribution in [3.05, 3.63) is 35.8 Å². The van der Waals surface area contributed by atoms with Gasteiger partial charge in [-0.15, -0.1) is 11.3 Å². The number of rotatable bonds is 3. The summed E-state index contributed by atoms with van der Waals surface area (Å²) in [4.78, 5) is 18.8. The number of benzene rings is 1. The molecule has 1 aliphatic rings. The van der Waals surface area contributed by atoms with Gasteiger partial charge in [-0.1, -0.05) is 30.3 Å². The topological polar surface area (TPSA) is 54.5 Å². The average Bonchev–Trinajstić information content (AvgIpc) is 2.96. The van der Waals surface area contributed by atoms with Crippen LogP contribution < -0.4 is 5.32 Å². The number of carbonyl (C=O) groups excluding carboxylic acids is 1. The van der Waals surface area contributed by atoms with Gasteiger partial charge in [0.25, 0.3) is 5.91 Å². The van der Waals surface area contributed by atoms with Crippen LogP contribution in [-0.4, -0.2) is 48.6 Å². The third-order valence-electron chi connectivity index (χ3n) is 3.41. The zero-order valence-corrected chi connectivity index (χ0v) is 12.6. The second-order valence-corrected chi connectivity index (χ2v) is 5.86. The number of nitrogens with one attached hydrogen (secondary N) is 1. The first kappa shape index (κ1) is 14.2. The predicted octanol–water partition coefficient (Wildman–Crippen LogP) is 2.08. The molecular formula is C15H17N3O2S. The summed E-state index contributed by atoms with van der Waals surface area (Å²) in [5, 5.41) is 3.71. The quantitative estimate of drug-likeness (QED) is 0.943. The summed E-state index contributed by atoms with van der Waals surface area (Å²) in [5.41, 5.74) is 3.54. The molecule has 0 bridgehead atoms. The molecule has 2 aromatic rings. The molecule has 1 unspecified atom stereocenters. The van der Waals surface area contributed by atoms with Gasteiger partial charge >= 0.3 is 0 Å². The third kappa shape index (κ3) is 3.29. The molecule has 3 rings (SSSR count). The van der Waals surface area contributed by atoms with Crippen LogP contribution >= 0.6 is 11.3 Å². The smallest absolute Gasteiger partial charge is 0.255 e. The van der Waals surface area contributed by atoms with E-state index in [0.29, 0.717) is 13.2 Å². The van der Waals surface area contributed by atoms with E-state index in [1.54, 1.807) is 5.51 Å². The van der Waals surface area contributed by atoms with Gasteiger partial charge in [-0.2, -0.15) is 0 Å². The Kier molecular flexibility index (Phi) is 4.28. The van der Waals surface area contributed by atoms with E-state index in [9.17, 15) is 4.79 Å². The Morgan fingerprint density at radius 3 is 3.00 bits per heavy atom. The molecule has 0 spiro atoms. The standard InChI is InChI=1S/C15H17N3O2S/c1-18-7-8-20-12(9-18)14(19)17-15-13(16-10-21-15)11-5-3-2-4-6-11/h2-6,10,12H,7-9H2,1H3,(H,17,19). The molecule has 5 nitrogen and oxygen atoms in total. The number of anilines is 1. The molecule has 0 saturated carbocycles. The molecule has 1 amide bonds. The number of morpholine rings is 1. The highest BCUT2D eigenvalue weighted by Gasteiger charge is 2.25. The lowest BCUT2D eigenvalue weighted by molar-refractivity contribution is -0.132. The number of thiazole rings is 1. The second-order valence-electron chi connectivity index (χ2n) is 5.01. The van der Waals surface area contributed by atoms with Crippen molar-refractivity contribution in [2.45, 2.75) is 6.10 Å². The van der Waals surface area contributed by atoms with E-state index in [0.717, 1.165) is 22.8 Å². The Bertz CT molecular complexity index is 614. The van der Waals surface area contributed by atoms with E-state index in [-0.39, 0.29) is 5.91 Å². The summed E-state index contributed by atoms with van der Waals surface area (Å²) in [6, 6.07) is 9.84. The number of amides is 1. The van der Waals surface area contributed by atoms with Crippen molar-refractivity contribution in [1.82, 2.24) is 9.88 Å². The van der Waals surface area contributed by atoms with Gasteiger partial charge in [0.2, 0.25) is 0 Å². The van der Waals surface area contributed by atoms with Gasteiger partial charge in [0.1, 0.15) is 16.8 Å². The Morgan fingerprint density at radius 1 is 1.43 bits per heavy atom. The summed E-state index contributed by atoms with van der Waals surface area (Å²) >= 11 is 1.43. The number of carbonyl (C=O) groups is 1. The Morgan fingerprint density at radius 2 is 2.24 bits per heavy atom. The van der Waals surface area contributed by atoms with E-state index in [1.165, 1.54) is 11.3 Å². The Balaban J connectivity index is 1.74. The van der Waals surface area contributed by atoms with Crippen LogP contribution in [-0.2, 0) is 9.53 Å². The van der Waals surface area contributed by atoms with E-state index in [4.69, 9.17) is 4.74 Å². The number of ether oxygens (including phenoxy) is 1. The minimum Gasteiger partial charge on any atom is -0.366 e. The first-order valence-corrected chi connectivity index (χ1v) is 7.72. The number of likely N-dealkylation sites (N-methyl/N-ethyl adjacent to an activating group) is 1. The van der Waals surface area contributed by atoms with Gasteiger partial charge in [0.15, 0.2) is 0 Å². The van der Waals surface area contributed by atoms with Gasteiger partial charge in [-0.25, -0.2) is 4.98 Å². The average molecular weight is 303 g/mol. The molecule has 21 heavy (non-hydrogen) atoms. The highest BCUT2D eigenvalue weighted by molar-refractivity contribution is 7.14. The predicted molar refractivity (Wildman–Crippen MR) is 83.4 cm³/mol. The Hall–Kier alpha value is -1.76. The summed E-state index contributed by atoms with van der Waals surface area (Å²) in [7, 11) is 1.99. The number of nitrogens with zero attached hydrogens (tertiary/aromatic N) is 2. The van der Waals surface area contributed by atoms with Crippen LogP contribution in [0.4, 0.5) is 5.00 Å². The first-order valence-electron chi connectivity index (χ1n) is 6.84. The van der Waals surface area contributed by atoms with Crippen LogP contribution in [0.3, 0.4) is 0 Å². The zero-order valence-electron chi connectivity index (χ0n) is 11.8. The summed E-state index contributed by atoms with van der Waals surface area (Å²) in [6.07, 6.45) is -0.422. The molecule has 1 aromatic heterocycles. The molecule has 6 heteroatoms. The van der Waals surface area contributed by atoms with Gasteiger partial charge in [0, 0.05) is 18.7 Å². The summed E-state index contributed by atoms with van der Waals surface area (Å²) < 4.78 is 5.54. The SMILES string of the molecule is CN1CCOC(C(=O)Nc2scnc2-c2ccccc2)C1. The maximum absolute atomic E-state index is 12.3. The van der Waals surface area contributed by atoms with Crippen LogP contribution in [0.2, 0.25) is 0 Å². The lowest BCUT2D eigenvalue weighted by Crippen LogP contribution is -2.46. The minimum absolute atomic E-state index is 0.108. The number of hydrogen-bond acceptors (Lipinski definition) is 5. The fourth-order valence-corrected chi connectivity index (χ4v) is 2.97. The monoisotopic (exact) mass is 303 g/mol. The molecule has 0 aliphatic carbocycles. The maximum atomic E-state index is 12.3. The van der Waals surface area contributed by atoms with E-state index < -0.39 is 6.10 Å². The second kappa shape index (κ2) is 6.34. The molecule has 0 radical (unpaired) electrons. The van der Waals surface area contributed by atoms with Crippen molar-refractivity contribution in [2.75, 3.05) is 32.1 Å². The van der Waals surface area contributed by atoms with Crippen molar-refractivity contribution in [3.8, 4) is 11.3 Å². The number of aromatic nitrogens is 1. The highest BCUT2D eigenvalue weighted by atomic mass is 32.1. The molecule has 1 atom stereocenters. The van der Waals surface area contributed by atoms with Crippen molar-refractivity contribution < 1.29 is 9.53 Å². The fraction of sp³-hybridized carbons (Fsp3) is 0.333. The molecule has 2 heterocycles. The fourth-order valence-electron chi connectivity index (χ4n) is 2.27. The molecule has 1 aromatic carbocycles. The normalized spacial score (nSPS) is 19.4. The van der Waals surface area contributed by atoms with E-state index in [1.807, 2.05) is 37.4 Å². The van der Waals surface area contributed by atoms with E-state index in [2.05, 4.69) is 15.2 Å². The van der Waals surface area contributed by atoms with Crippen LogP contribution in [0, 0.1) is 0 Å². The first-order chi connectivity index (χ1) is 10.2. The van der Waals surface area contributed by atoms with Gasteiger partial charge in [0.05, 0.1) is 12.1 Å². The lowest BCUT2D eigenvalue weighted by atomic mass is 10.1. The molecule has 1 fully saturated rings. The maximum Gasteiger partial charge on any atom is 0.255 e. The Labute approximate surface area is 127 Å². The van der Waals surface area contributed by atoms with Crippen LogP contribution in [0.25, 0.3) is 11.3 Å². The van der Waals surface area contributed by atoms with Crippen LogP contribution in [0.5, 0.6) is 0 Å². The van der Waals surface area contributed by atoms with Crippen molar-refractivity contribution in [2.24, 2.45) is 0 Å². The van der Waals surface area contributed by atoms with Crippen molar-refractivity contribution in [3.63, 3.8) is 0 Å². The van der Waals surface area contributed by atoms with Crippen molar-refractivity contribution in [1.29, 1.82) is 0 Å². The van der Waals surface area contributed by atoms with Crippen LogP contribution in [0.15, 0.2) is 35.8 Å². The molecule has 1 N–H and O–H groups in total. The molecule has 1 aliphatic heterocycles. The summed E-state index contributed by atoms with van der Waals surface area (Å²) in [6.45, 7) is 2.06. The molecule has 110 valence electrons. The summed E-state index contributed by atoms with van der Waals surface area (Å²) in [5.74, 6) is -0.108. The van der Waals surface area contributed by atoms with Crippen LogP contribution in [0.1, 0.15) is 0 Å².